The molecule has 0 amide bonds. The zero-order valence-electron chi connectivity index (χ0n) is 20.6. The van der Waals surface area contributed by atoms with Gasteiger partial charge in [0.2, 0.25) is 0 Å². The van der Waals surface area contributed by atoms with E-state index in [1.165, 1.54) is 103 Å². The highest BCUT2D eigenvalue weighted by Crippen LogP contribution is 2.13. The lowest BCUT2D eigenvalue weighted by molar-refractivity contribution is 0.0343. The number of hydrogen-bond acceptors (Lipinski definition) is 3. The first kappa shape index (κ1) is 29.1. The number of rotatable bonds is 24. The molecule has 0 heterocycles. The van der Waals surface area contributed by atoms with Crippen LogP contribution in [-0.2, 0) is 13.9 Å². The van der Waals surface area contributed by atoms with E-state index >= 15 is 0 Å². The predicted octanol–water partition coefficient (Wildman–Crippen LogP) is 8.13. The summed E-state index contributed by atoms with van der Waals surface area (Å²) in [6, 6.07) is 0. The Morgan fingerprint density at radius 3 is 1.17 bits per heavy atom. The Morgan fingerprint density at radius 2 is 0.759 bits per heavy atom. The van der Waals surface area contributed by atoms with Crippen molar-refractivity contribution in [1.29, 1.82) is 0 Å². The van der Waals surface area contributed by atoms with Gasteiger partial charge in [-0.15, -0.1) is 0 Å². The first-order chi connectivity index (χ1) is 14.1. The maximum atomic E-state index is 5.75. The summed E-state index contributed by atoms with van der Waals surface area (Å²) in [5.41, 5.74) is 0. The molecule has 176 valence electrons. The molecule has 0 N–H and O–H groups in total. The third-order valence-electron chi connectivity index (χ3n) is 5.28. The van der Waals surface area contributed by atoms with E-state index in [0.29, 0.717) is 19.8 Å². The number of unbranched alkanes of at least 4 members (excludes halogenated alkanes) is 15. The molecule has 0 spiro atoms. The van der Waals surface area contributed by atoms with Gasteiger partial charge in [-0.1, -0.05) is 103 Å². The lowest BCUT2D eigenvalue weighted by atomic mass is 10.0. The molecule has 29 heavy (non-hydrogen) atoms. The van der Waals surface area contributed by atoms with Gasteiger partial charge in [0, 0.05) is 6.61 Å². The van der Waals surface area contributed by atoms with Gasteiger partial charge in [0.25, 0.3) is 0 Å². The number of hydrogen-bond donors (Lipinski definition) is 0. The minimum atomic E-state index is -1.39. The topological polar surface area (TPSA) is 27.7 Å². The molecule has 0 radical (unpaired) electrons. The lowest BCUT2D eigenvalue weighted by Crippen LogP contribution is -2.27. The molecule has 0 aromatic heterocycles. The van der Waals surface area contributed by atoms with Crippen molar-refractivity contribution < 1.29 is 13.9 Å². The third-order valence-corrected chi connectivity index (χ3v) is 6.35. The minimum Gasteiger partial charge on any atom is -0.415 e. The van der Waals surface area contributed by atoms with Crippen molar-refractivity contribution in [2.45, 2.75) is 129 Å². The fourth-order valence-corrected chi connectivity index (χ4v) is 4.18. The Morgan fingerprint density at radius 1 is 0.414 bits per heavy atom. The highest BCUT2D eigenvalue weighted by atomic mass is 28.4. The van der Waals surface area contributed by atoms with Crippen molar-refractivity contribution in [2.24, 2.45) is 0 Å². The first-order valence-corrected chi connectivity index (χ1v) is 16.3. The zero-order chi connectivity index (χ0) is 21.5. The molecule has 3 nitrogen and oxygen atoms in total. The van der Waals surface area contributed by atoms with Gasteiger partial charge in [0.1, 0.15) is 0 Å². The van der Waals surface area contributed by atoms with Crippen LogP contribution in [0.2, 0.25) is 19.6 Å². The second kappa shape index (κ2) is 22.8. The summed E-state index contributed by atoms with van der Waals surface area (Å²) >= 11 is 0. The third kappa shape index (κ3) is 28.1. The van der Waals surface area contributed by atoms with Crippen LogP contribution < -0.4 is 0 Å². The maximum absolute atomic E-state index is 5.75. The molecular weight excluding hydrogens is 376 g/mol. The van der Waals surface area contributed by atoms with Gasteiger partial charge < -0.3 is 13.9 Å². The van der Waals surface area contributed by atoms with Crippen LogP contribution in [0.3, 0.4) is 0 Å². The standard InChI is InChI=1S/C25H54O3Si/c1-5-6-7-8-9-10-11-12-13-14-15-16-17-18-19-20-21-26-22-23-27-24-25-28-29(2,3)4/h5-25H2,1-4H3. The average Bonchev–Trinajstić information content (AvgIpc) is 2.67. The second-order valence-corrected chi connectivity index (χ2v) is 14.0. The smallest absolute Gasteiger partial charge is 0.183 e. The Bertz CT molecular complexity index is 305. The van der Waals surface area contributed by atoms with Crippen LogP contribution in [0.15, 0.2) is 0 Å². The monoisotopic (exact) mass is 430 g/mol. The average molecular weight is 431 g/mol. The summed E-state index contributed by atoms with van der Waals surface area (Å²) in [4.78, 5) is 0. The first-order valence-electron chi connectivity index (χ1n) is 12.9. The van der Waals surface area contributed by atoms with Gasteiger partial charge in [-0.2, -0.15) is 0 Å². The van der Waals surface area contributed by atoms with E-state index in [2.05, 4.69) is 26.6 Å². The molecule has 0 saturated heterocycles. The molecule has 0 aliphatic rings. The summed E-state index contributed by atoms with van der Waals surface area (Å²) < 4.78 is 16.9. The van der Waals surface area contributed by atoms with Crippen LogP contribution in [0.5, 0.6) is 0 Å². The van der Waals surface area contributed by atoms with Gasteiger partial charge in [-0.3, -0.25) is 0 Å². The normalized spacial score (nSPS) is 12.0. The molecule has 0 aliphatic heterocycles. The summed E-state index contributed by atoms with van der Waals surface area (Å²) in [5.74, 6) is 0. The quantitative estimate of drug-likeness (QED) is 0.114. The molecule has 0 bridgehead atoms. The molecule has 4 heteroatoms. The van der Waals surface area contributed by atoms with Crippen LogP contribution >= 0.6 is 0 Å². The largest absolute Gasteiger partial charge is 0.415 e. The molecule has 0 unspecified atom stereocenters. The van der Waals surface area contributed by atoms with E-state index in [0.717, 1.165) is 13.2 Å². The summed E-state index contributed by atoms with van der Waals surface area (Å²) in [7, 11) is -1.39. The van der Waals surface area contributed by atoms with Gasteiger partial charge in [0.05, 0.1) is 26.4 Å². The van der Waals surface area contributed by atoms with Crippen LogP contribution in [0.1, 0.15) is 110 Å². The lowest BCUT2D eigenvalue weighted by Gasteiger charge is -2.16. The Hall–Kier alpha value is 0.0969. The highest BCUT2D eigenvalue weighted by Gasteiger charge is 2.12. The maximum Gasteiger partial charge on any atom is 0.183 e. The molecule has 0 aromatic rings. The van der Waals surface area contributed by atoms with E-state index in [-0.39, 0.29) is 0 Å². The Kier molecular flexibility index (Phi) is 22.9. The predicted molar refractivity (Wildman–Crippen MR) is 130 cm³/mol. The van der Waals surface area contributed by atoms with Crippen molar-refractivity contribution in [1.82, 2.24) is 0 Å². The molecule has 0 aromatic carbocycles. The minimum absolute atomic E-state index is 0.687. The summed E-state index contributed by atoms with van der Waals surface area (Å²) in [6.07, 6.45) is 22.6. The van der Waals surface area contributed by atoms with Crippen molar-refractivity contribution in [2.75, 3.05) is 33.0 Å². The molecule has 0 fully saturated rings. The SMILES string of the molecule is CCCCCCCCCCCCCCCCCCOCCOCCO[Si](C)(C)C. The fraction of sp³-hybridized carbons (Fsp3) is 1.00. The van der Waals surface area contributed by atoms with Crippen LogP contribution in [0.25, 0.3) is 0 Å². The van der Waals surface area contributed by atoms with Crippen molar-refractivity contribution in [3.63, 3.8) is 0 Å². The summed E-state index contributed by atoms with van der Waals surface area (Å²) in [5, 5.41) is 0. The molecular formula is C25H54O3Si. The van der Waals surface area contributed by atoms with Crippen molar-refractivity contribution in [3.8, 4) is 0 Å². The van der Waals surface area contributed by atoms with E-state index in [1.807, 2.05) is 0 Å². The van der Waals surface area contributed by atoms with Crippen molar-refractivity contribution in [3.05, 3.63) is 0 Å². The number of ether oxygens (including phenoxy) is 2. The highest BCUT2D eigenvalue weighted by molar-refractivity contribution is 6.69. The van der Waals surface area contributed by atoms with Crippen LogP contribution in [0, 0.1) is 0 Å². The fourth-order valence-electron chi connectivity index (χ4n) is 3.48. The Balaban J connectivity index is 3.02. The molecule has 0 rings (SSSR count). The molecule has 0 saturated carbocycles. The van der Waals surface area contributed by atoms with Crippen LogP contribution in [0.4, 0.5) is 0 Å². The van der Waals surface area contributed by atoms with Crippen molar-refractivity contribution >= 4 is 8.32 Å². The zero-order valence-corrected chi connectivity index (χ0v) is 21.6. The van der Waals surface area contributed by atoms with Gasteiger partial charge in [-0.25, -0.2) is 0 Å². The molecule has 0 atom stereocenters. The summed E-state index contributed by atoms with van der Waals surface area (Å²) in [6.45, 7) is 12.6. The van der Waals surface area contributed by atoms with E-state index in [9.17, 15) is 0 Å². The van der Waals surface area contributed by atoms with Gasteiger partial charge >= 0.3 is 0 Å². The van der Waals surface area contributed by atoms with Gasteiger partial charge in [0.15, 0.2) is 8.32 Å². The second-order valence-electron chi connectivity index (χ2n) is 9.49. The Labute approximate surface area is 184 Å². The van der Waals surface area contributed by atoms with E-state index in [1.54, 1.807) is 0 Å². The van der Waals surface area contributed by atoms with E-state index in [4.69, 9.17) is 13.9 Å². The van der Waals surface area contributed by atoms with Crippen LogP contribution in [-0.4, -0.2) is 41.4 Å². The van der Waals surface area contributed by atoms with Gasteiger partial charge in [-0.05, 0) is 26.1 Å². The van der Waals surface area contributed by atoms with E-state index < -0.39 is 8.32 Å². The molecule has 0 aliphatic carbocycles.